The van der Waals surface area contributed by atoms with Crippen LogP contribution in [0.4, 0.5) is 5.69 Å². The van der Waals surface area contributed by atoms with Crippen molar-refractivity contribution in [2.24, 2.45) is 5.41 Å². The quantitative estimate of drug-likeness (QED) is 0.801. The predicted octanol–water partition coefficient (Wildman–Crippen LogP) is 3.54. The number of carbonyl (C=O) groups excluding carboxylic acids is 1. The second kappa shape index (κ2) is 5.23. The lowest BCUT2D eigenvalue weighted by molar-refractivity contribution is -0.127. The van der Waals surface area contributed by atoms with Crippen molar-refractivity contribution in [1.29, 1.82) is 0 Å². The van der Waals surface area contributed by atoms with Crippen molar-refractivity contribution in [3.05, 3.63) is 24.3 Å². The van der Waals surface area contributed by atoms with Crippen LogP contribution < -0.4 is 9.64 Å². The third-order valence-electron chi connectivity index (χ3n) is 5.70. The minimum atomic E-state index is -0.135. The number of ether oxygens (including phenoxy) is 2. The van der Waals surface area contributed by atoms with Crippen molar-refractivity contribution in [2.75, 3.05) is 18.1 Å². The van der Waals surface area contributed by atoms with Crippen LogP contribution in [0.25, 0.3) is 0 Å². The van der Waals surface area contributed by atoms with Crippen molar-refractivity contribution >= 4 is 11.6 Å². The van der Waals surface area contributed by atoms with Crippen LogP contribution in [-0.4, -0.2) is 30.8 Å². The Labute approximate surface area is 137 Å². The van der Waals surface area contributed by atoms with Crippen LogP contribution in [-0.2, 0) is 9.53 Å². The summed E-state index contributed by atoms with van der Waals surface area (Å²) in [4.78, 5) is 15.0. The van der Waals surface area contributed by atoms with Gasteiger partial charge in [-0.25, -0.2) is 0 Å². The summed E-state index contributed by atoms with van der Waals surface area (Å²) in [5.41, 5.74) is 1.00. The first-order chi connectivity index (χ1) is 11.0. The Kier molecular flexibility index (Phi) is 3.41. The van der Waals surface area contributed by atoms with E-state index < -0.39 is 0 Å². The van der Waals surface area contributed by atoms with Crippen LogP contribution in [0.2, 0.25) is 0 Å². The molecule has 0 bridgehead atoms. The van der Waals surface area contributed by atoms with E-state index in [1.54, 1.807) is 0 Å². The Morgan fingerprint density at radius 2 is 1.74 bits per heavy atom. The van der Waals surface area contributed by atoms with Crippen LogP contribution in [0.3, 0.4) is 0 Å². The highest BCUT2D eigenvalue weighted by Crippen LogP contribution is 2.53. The van der Waals surface area contributed by atoms with E-state index in [4.69, 9.17) is 9.47 Å². The maximum Gasteiger partial charge on any atom is 0.233 e. The van der Waals surface area contributed by atoms with E-state index >= 15 is 0 Å². The van der Waals surface area contributed by atoms with Crippen molar-refractivity contribution in [3.8, 4) is 5.75 Å². The summed E-state index contributed by atoms with van der Waals surface area (Å²) < 4.78 is 11.3. The first-order valence-electron chi connectivity index (χ1n) is 8.75. The molecule has 23 heavy (non-hydrogen) atoms. The second-order valence-corrected chi connectivity index (χ2v) is 7.62. The van der Waals surface area contributed by atoms with Crippen LogP contribution >= 0.6 is 0 Å². The summed E-state index contributed by atoms with van der Waals surface area (Å²) in [7, 11) is 0. The summed E-state index contributed by atoms with van der Waals surface area (Å²) in [5, 5.41) is 0. The molecule has 2 spiro atoms. The van der Waals surface area contributed by atoms with E-state index in [1.807, 2.05) is 43.0 Å². The summed E-state index contributed by atoms with van der Waals surface area (Å²) in [6.07, 6.45) is 5.21. The lowest BCUT2D eigenvalue weighted by Gasteiger charge is -2.34. The molecule has 0 radical (unpaired) electrons. The number of nitrogens with zero attached hydrogens (tertiary/aromatic N) is 1. The number of rotatable bonds is 3. The Hall–Kier alpha value is -1.55. The van der Waals surface area contributed by atoms with Gasteiger partial charge in [0.05, 0.1) is 23.7 Å². The molecule has 4 rings (SSSR count). The topological polar surface area (TPSA) is 42.1 Å². The molecule has 1 aliphatic carbocycles. The van der Waals surface area contributed by atoms with Gasteiger partial charge in [0.25, 0.3) is 0 Å². The molecule has 2 aliphatic heterocycles. The first kappa shape index (κ1) is 15.0. The molecule has 4 heteroatoms. The zero-order valence-electron chi connectivity index (χ0n) is 14.0. The van der Waals surface area contributed by atoms with Gasteiger partial charge in [0.15, 0.2) is 0 Å². The highest BCUT2D eigenvalue weighted by atomic mass is 16.6. The summed E-state index contributed by atoms with van der Waals surface area (Å²) >= 11 is 0. The second-order valence-electron chi connectivity index (χ2n) is 7.62. The van der Waals surface area contributed by atoms with Crippen molar-refractivity contribution in [1.82, 2.24) is 0 Å². The van der Waals surface area contributed by atoms with Gasteiger partial charge < -0.3 is 14.4 Å². The van der Waals surface area contributed by atoms with Crippen molar-refractivity contribution in [2.45, 2.75) is 57.7 Å². The molecule has 3 aliphatic rings. The molecule has 4 nitrogen and oxygen atoms in total. The highest BCUT2D eigenvalue weighted by Gasteiger charge is 2.56. The number of epoxide rings is 1. The molecule has 1 aromatic rings. The predicted molar refractivity (Wildman–Crippen MR) is 88.8 cm³/mol. The number of amides is 1. The maximum absolute atomic E-state index is 13.0. The molecule has 2 heterocycles. The molecule has 3 fully saturated rings. The van der Waals surface area contributed by atoms with E-state index in [-0.39, 0.29) is 17.1 Å². The Morgan fingerprint density at radius 3 is 2.30 bits per heavy atom. The van der Waals surface area contributed by atoms with E-state index in [0.717, 1.165) is 56.7 Å². The molecule has 0 aromatic heterocycles. The molecular formula is C19H25NO3. The Morgan fingerprint density at radius 1 is 1.09 bits per heavy atom. The fraction of sp³-hybridized carbons (Fsp3) is 0.632. The molecule has 0 N–H and O–H groups in total. The van der Waals surface area contributed by atoms with Gasteiger partial charge >= 0.3 is 0 Å². The lowest BCUT2D eigenvalue weighted by atomic mass is 9.69. The molecule has 0 atom stereocenters. The molecule has 1 aromatic carbocycles. The standard InChI is InChI=1S/C19H25NO3/c1-14(2)23-16-5-3-15(4-6-16)20-12-11-18(17(20)21)7-9-19(10-8-18)13-22-19/h3-6,14H,7-13H2,1-2H3/t18-,19-. The van der Waals surface area contributed by atoms with Gasteiger partial charge in [0, 0.05) is 12.2 Å². The molecule has 0 unspecified atom stereocenters. The van der Waals surface area contributed by atoms with Crippen molar-refractivity contribution in [3.63, 3.8) is 0 Å². The number of anilines is 1. The monoisotopic (exact) mass is 315 g/mol. The maximum atomic E-state index is 13.0. The minimum Gasteiger partial charge on any atom is -0.491 e. The molecule has 1 amide bonds. The van der Waals surface area contributed by atoms with Gasteiger partial charge in [-0.2, -0.15) is 0 Å². The van der Waals surface area contributed by atoms with Crippen LogP contribution in [0, 0.1) is 5.41 Å². The number of benzene rings is 1. The number of hydrogen-bond donors (Lipinski definition) is 0. The third-order valence-corrected chi connectivity index (χ3v) is 5.70. The third kappa shape index (κ3) is 2.63. The van der Waals surface area contributed by atoms with Gasteiger partial charge in [-0.1, -0.05) is 0 Å². The zero-order chi connectivity index (χ0) is 16.1. The van der Waals surface area contributed by atoms with Crippen LogP contribution in [0.5, 0.6) is 5.75 Å². The Bertz CT molecular complexity index is 594. The van der Waals surface area contributed by atoms with Crippen LogP contribution in [0.1, 0.15) is 46.0 Å². The van der Waals surface area contributed by atoms with Gasteiger partial charge in [-0.3, -0.25) is 4.79 Å². The molecule has 1 saturated carbocycles. The summed E-state index contributed by atoms with van der Waals surface area (Å²) in [6.45, 7) is 5.76. The molecule has 124 valence electrons. The highest BCUT2D eigenvalue weighted by molar-refractivity contribution is 6.00. The van der Waals surface area contributed by atoms with Crippen LogP contribution in [0.15, 0.2) is 24.3 Å². The summed E-state index contributed by atoms with van der Waals surface area (Å²) in [5.74, 6) is 1.17. The largest absolute Gasteiger partial charge is 0.491 e. The normalized spacial score (nSPS) is 33.0. The van der Waals surface area contributed by atoms with Gasteiger partial charge in [-0.05, 0) is 70.2 Å². The zero-order valence-corrected chi connectivity index (χ0v) is 14.0. The van der Waals surface area contributed by atoms with E-state index in [0.29, 0.717) is 5.91 Å². The Balaban J connectivity index is 1.47. The first-order valence-corrected chi connectivity index (χ1v) is 8.75. The van der Waals surface area contributed by atoms with Gasteiger partial charge in [0.2, 0.25) is 5.91 Å². The summed E-state index contributed by atoms with van der Waals surface area (Å²) in [6, 6.07) is 7.93. The van der Waals surface area contributed by atoms with E-state index in [1.165, 1.54) is 0 Å². The number of hydrogen-bond acceptors (Lipinski definition) is 3. The molecule has 2 saturated heterocycles. The minimum absolute atomic E-state index is 0.135. The number of carbonyl (C=O) groups is 1. The average Bonchev–Trinajstić information content (AvgIpc) is 3.23. The van der Waals surface area contributed by atoms with Crippen molar-refractivity contribution < 1.29 is 14.3 Å². The smallest absolute Gasteiger partial charge is 0.233 e. The van der Waals surface area contributed by atoms with E-state index in [9.17, 15) is 4.79 Å². The van der Waals surface area contributed by atoms with Gasteiger partial charge in [-0.15, -0.1) is 0 Å². The van der Waals surface area contributed by atoms with Gasteiger partial charge in [0.1, 0.15) is 5.75 Å². The lowest BCUT2D eigenvalue weighted by Crippen LogP contribution is -2.39. The molecular weight excluding hydrogens is 290 g/mol. The van der Waals surface area contributed by atoms with E-state index in [2.05, 4.69) is 0 Å². The fourth-order valence-electron chi connectivity index (χ4n) is 4.08. The average molecular weight is 315 g/mol. The SMILES string of the molecule is CC(C)Oc1ccc(N2CC[C@]3(CC[C@@]4(CC3)CO4)C2=O)cc1. The fourth-order valence-corrected chi connectivity index (χ4v) is 4.08.